The number of hydrogen-bond donors (Lipinski definition) is 2. The maximum Gasteiger partial charge on any atom is 0.239 e. The van der Waals surface area contributed by atoms with Gasteiger partial charge in [0.05, 0.1) is 19.3 Å². The third kappa shape index (κ3) is 4.74. The summed E-state index contributed by atoms with van der Waals surface area (Å²) < 4.78 is 10.7. The number of ether oxygens (including phenoxy) is 1. The fraction of sp³-hybridized carbons (Fsp3) is 0.467. The van der Waals surface area contributed by atoms with E-state index >= 15 is 0 Å². The van der Waals surface area contributed by atoms with Crippen molar-refractivity contribution in [2.45, 2.75) is 13.0 Å². The zero-order chi connectivity index (χ0) is 16.8. The molecular weight excluding hydrogens is 312 g/mol. The van der Waals surface area contributed by atoms with Gasteiger partial charge < -0.3 is 19.9 Å². The summed E-state index contributed by atoms with van der Waals surface area (Å²) in [5.41, 5.74) is 0. The third-order valence-electron chi connectivity index (χ3n) is 3.57. The van der Waals surface area contributed by atoms with Crippen molar-refractivity contribution in [1.82, 2.24) is 20.3 Å². The quantitative estimate of drug-likeness (QED) is 0.789. The Morgan fingerprint density at radius 2 is 2.38 bits per heavy atom. The van der Waals surface area contributed by atoms with Gasteiger partial charge in [-0.05, 0) is 19.1 Å². The minimum atomic E-state index is -0.120. The summed E-state index contributed by atoms with van der Waals surface area (Å²) in [6.45, 7) is 4.64. The predicted molar refractivity (Wildman–Crippen MR) is 86.6 cm³/mol. The molecule has 1 fully saturated rings. The number of morpholine rings is 1. The number of hydrogen-bond acceptors (Lipinski definition) is 8. The monoisotopic (exact) mass is 332 g/mol. The molecule has 1 aliphatic rings. The standard InChI is InChI=1S/C15H20N6O3/c1-11-7-14(20-24-11)18-15(22)10-21-5-6-23-12(9-21)8-16-13-3-2-4-17-19-13/h2-4,7,12H,5-6,8-10H2,1H3,(H,16,19)(H,18,20,22). The van der Waals surface area contributed by atoms with Gasteiger partial charge in [-0.15, -0.1) is 5.10 Å². The zero-order valence-electron chi connectivity index (χ0n) is 13.4. The van der Waals surface area contributed by atoms with Crippen molar-refractivity contribution in [2.24, 2.45) is 0 Å². The molecule has 9 nitrogen and oxygen atoms in total. The van der Waals surface area contributed by atoms with Crippen LogP contribution in [0.25, 0.3) is 0 Å². The lowest BCUT2D eigenvalue weighted by molar-refractivity contribution is -0.119. The number of aromatic nitrogens is 3. The van der Waals surface area contributed by atoms with Crippen LogP contribution in [0.3, 0.4) is 0 Å². The molecule has 3 heterocycles. The summed E-state index contributed by atoms with van der Waals surface area (Å²) in [4.78, 5) is 14.1. The largest absolute Gasteiger partial charge is 0.374 e. The Morgan fingerprint density at radius 3 is 3.12 bits per heavy atom. The third-order valence-corrected chi connectivity index (χ3v) is 3.57. The Hall–Kier alpha value is -2.52. The topological polar surface area (TPSA) is 105 Å². The lowest BCUT2D eigenvalue weighted by Crippen LogP contribution is -2.47. The number of amides is 1. The van der Waals surface area contributed by atoms with Crippen molar-refractivity contribution in [3.63, 3.8) is 0 Å². The normalized spacial score (nSPS) is 18.3. The maximum atomic E-state index is 12.1. The molecule has 2 aromatic heterocycles. The molecule has 0 radical (unpaired) electrons. The van der Waals surface area contributed by atoms with E-state index in [4.69, 9.17) is 9.26 Å². The molecule has 0 bridgehead atoms. The molecule has 1 aliphatic heterocycles. The highest BCUT2D eigenvalue weighted by Gasteiger charge is 2.22. The van der Waals surface area contributed by atoms with Gasteiger partial charge in [-0.1, -0.05) is 5.16 Å². The first-order valence-electron chi connectivity index (χ1n) is 7.78. The van der Waals surface area contributed by atoms with Crippen LogP contribution < -0.4 is 10.6 Å². The molecular formula is C15H20N6O3. The van der Waals surface area contributed by atoms with Crippen molar-refractivity contribution >= 4 is 17.5 Å². The Labute approximate surface area is 139 Å². The van der Waals surface area contributed by atoms with E-state index < -0.39 is 0 Å². The molecule has 0 aromatic carbocycles. The molecule has 0 aliphatic carbocycles. The maximum absolute atomic E-state index is 12.1. The van der Waals surface area contributed by atoms with Crippen molar-refractivity contribution in [3.05, 3.63) is 30.2 Å². The van der Waals surface area contributed by atoms with Gasteiger partial charge in [0.15, 0.2) is 5.82 Å². The minimum absolute atomic E-state index is 0.0112. The number of rotatable bonds is 6. The predicted octanol–water partition coefficient (Wildman–Crippen LogP) is 0.524. The summed E-state index contributed by atoms with van der Waals surface area (Å²) in [5, 5.41) is 17.4. The van der Waals surface area contributed by atoms with Crippen LogP contribution in [0.2, 0.25) is 0 Å². The Balaban J connectivity index is 1.44. The van der Waals surface area contributed by atoms with Gasteiger partial charge in [-0.25, -0.2) is 0 Å². The average molecular weight is 332 g/mol. The van der Waals surface area contributed by atoms with Crippen LogP contribution in [0.5, 0.6) is 0 Å². The van der Waals surface area contributed by atoms with Crippen LogP contribution in [0.15, 0.2) is 28.9 Å². The van der Waals surface area contributed by atoms with E-state index in [0.29, 0.717) is 43.6 Å². The highest BCUT2D eigenvalue weighted by atomic mass is 16.5. The van der Waals surface area contributed by atoms with Crippen molar-refractivity contribution in [1.29, 1.82) is 0 Å². The smallest absolute Gasteiger partial charge is 0.239 e. The number of carbonyl (C=O) groups excluding carboxylic acids is 1. The van der Waals surface area contributed by atoms with E-state index in [1.807, 2.05) is 12.1 Å². The molecule has 24 heavy (non-hydrogen) atoms. The van der Waals surface area contributed by atoms with E-state index in [2.05, 4.69) is 30.9 Å². The highest BCUT2D eigenvalue weighted by molar-refractivity contribution is 5.91. The van der Waals surface area contributed by atoms with Gasteiger partial charge in [0.2, 0.25) is 5.91 Å². The lowest BCUT2D eigenvalue weighted by Gasteiger charge is -2.32. The lowest BCUT2D eigenvalue weighted by atomic mass is 10.2. The van der Waals surface area contributed by atoms with Gasteiger partial charge in [0.1, 0.15) is 11.6 Å². The summed E-state index contributed by atoms with van der Waals surface area (Å²) in [7, 11) is 0. The van der Waals surface area contributed by atoms with Gasteiger partial charge in [-0.2, -0.15) is 5.10 Å². The molecule has 1 amide bonds. The highest BCUT2D eigenvalue weighted by Crippen LogP contribution is 2.09. The van der Waals surface area contributed by atoms with E-state index in [9.17, 15) is 4.79 Å². The number of aryl methyl sites for hydroxylation is 1. The Bertz CT molecular complexity index is 662. The number of anilines is 2. The second kappa shape index (κ2) is 7.84. The van der Waals surface area contributed by atoms with E-state index in [-0.39, 0.29) is 18.6 Å². The molecule has 1 saturated heterocycles. The fourth-order valence-corrected chi connectivity index (χ4v) is 2.47. The first-order valence-corrected chi connectivity index (χ1v) is 7.78. The SMILES string of the molecule is Cc1cc(NC(=O)CN2CCOC(CNc3cccnn3)C2)no1. The van der Waals surface area contributed by atoms with Crippen LogP contribution in [0, 0.1) is 6.92 Å². The van der Waals surface area contributed by atoms with Crippen LogP contribution >= 0.6 is 0 Å². The van der Waals surface area contributed by atoms with E-state index in [0.717, 1.165) is 0 Å². The van der Waals surface area contributed by atoms with Gasteiger partial charge in [-0.3, -0.25) is 9.69 Å². The average Bonchev–Trinajstić information content (AvgIpc) is 2.99. The van der Waals surface area contributed by atoms with Gasteiger partial charge >= 0.3 is 0 Å². The van der Waals surface area contributed by atoms with Gasteiger partial charge in [0.25, 0.3) is 0 Å². The van der Waals surface area contributed by atoms with E-state index in [1.165, 1.54) is 0 Å². The van der Waals surface area contributed by atoms with Crippen molar-refractivity contribution in [2.75, 3.05) is 43.4 Å². The van der Waals surface area contributed by atoms with Crippen LogP contribution in [-0.2, 0) is 9.53 Å². The minimum Gasteiger partial charge on any atom is -0.374 e. The van der Waals surface area contributed by atoms with Crippen LogP contribution in [0.1, 0.15) is 5.76 Å². The molecule has 9 heteroatoms. The molecule has 2 N–H and O–H groups in total. The molecule has 2 aromatic rings. The van der Waals surface area contributed by atoms with Crippen LogP contribution in [-0.4, -0.2) is 65.1 Å². The van der Waals surface area contributed by atoms with Crippen molar-refractivity contribution in [3.8, 4) is 0 Å². The molecule has 0 saturated carbocycles. The van der Waals surface area contributed by atoms with Crippen LogP contribution in [0.4, 0.5) is 11.6 Å². The zero-order valence-corrected chi connectivity index (χ0v) is 13.4. The fourth-order valence-electron chi connectivity index (χ4n) is 2.47. The summed E-state index contributed by atoms with van der Waals surface area (Å²) in [5.74, 6) is 1.68. The number of carbonyl (C=O) groups is 1. The Morgan fingerprint density at radius 1 is 1.46 bits per heavy atom. The summed E-state index contributed by atoms with van der Waals surface area (Å²) in [6, 6.07) is 5.35. The van der Waals surface area contributed by atoms with Crippen molar-refractivity contribution < 1.29 is 14.1 Å². The number of nitrogens with one attached hydrogen (secondary N) is 2. The van der Waals surface area contributed by atoms with Gasteiger partial charge in [0, 0.05) is 31.9 Å². The first kappa shape index (κ1) is 16.3. The number of nitrogens with zero attached hydrogens (tertiary/aromatic N) is 4. The molecule has 128 valence electrons. The summed E-state index contributed by atoms with van der Waals surface area (Å²) in [6.07, 6.45) is 1.61. The first-order chi connectivity index (χ1) is 11.7. The van der Waals surface area contributed by atoms with E-state index in [1.54, 1.807) is 19.2 Å². The second-order valence-corrected chi connectivity index (χ2v) is 5.59. The Kier molecular flexibility index (Phi) is 5.34. The molecule has 0 spiro atoms. The molecule has 1 unspecified atom stereocenters. The summed E-state index contributed by atoms with van der Waals surface area (Å²) >= 11 is 0. The molecule has 3 rings (SSSR count). The second-order valence-electron chi connectivity index (χ2n) is 5.59. The molecule has 1 atom stereocenters.